The van der Waals surface area contributed by atoms with Crippen molar-refractivity contribution in [3.63, 3.8) is 0 Å². The highest BCUT2D eigenvalue weighted by Gasteiger charge is 2.27. The summed E-state index contributed by atoms with van der Waals surface area (Å²) in [6.07, 6.45) is 2.58. The van der Waals surface area contributed by atoms with E-state index in [2.05, 4.69) is 10.3 Å². The largest absolute Gasteiger partial charge is 0.387 e. The number of aromatic nitrogens is 1. The number of fused-ring (bicyclic) bond motifs is 1. The van der Waals surface area contributed by atoms with Crippen molar-refractivity contribution in [3.05, 3.63) is 51.2 Å². The number of thiazole rings is 1. The van der Waals surface area contributed by atoms with Crippen molar-refractivity contribution >= 4 is 11.3 Å². The molecule has 22 heavy (non-hydrogen) atoms. The summed E-state index contributed by atoms with van der Waals surface area (Å²) in [6.45, 7) is 4.01. The van der Waals surface area contributed by atoms with E-state index in [0.717, 1.165) is 29.8 Å². The highest BCUT2D eigenvalue weighted by Crippen LogP contribution is 2.35. The number of halogens is 1. The molecule has 3 nitrogen and oxygen atoms in total. The molecule has 1 aromatic carbocycles. The first-order valence-corrected chi connectivity index (χ1v) is 8.52. The molecule has 2 aromatic rings. The number of hydrogen-bond acceptors (Lipinski definition) is 4. The zero-order valence-corrected chi connectivity index (χ0v) is 13.7. The van der Waals surface area contributed by atoms with E-state index in [1.54, 1.807) is 23.5 Å². The highest BCUT2D eigenvalue weighted by molar-refractivity contribution is 7.11. The van der Waals surface area contributed by atoms with Crippen molar-refractivity contribution in [2.24, 2.45) is 0 Å². The summed E-state index contributed by atoms with van der Waals surface area (Å²) in [5.74, 6) is -0.284. The molecule has 0 amide bonds. The molecule has 3 unspecified atom stereocenters. The van der Waals surface area contributed by atoms with Crippen LogP contribution in [0.1, 0.15) is 53.1 Å². The molecular weight excluding hydrogens is 299 g/mol. The van der Waals surface area contributed by atoms with Crippen LogP contribution in [0.4, 0.5) is 4.39 Å². The van der Waals surface area contributed by atoms with Gasteiger partial charge in [-0.05, 0) is 50.8 Å². The molecular formula is C17H21FN2OS. The lowest BCUT2D eigenvalue weighted by Crippen LogP contribution is -2.36. The second-order valence-corrected chi connectivity index (χ2v) is 7.18. The van der Waals surface area contributed by atoms with E-state index >= 15 is 0 Å². The number of aliphatic hydroxyl groups excluding tert-OH is 1. The minimum atomic E-state index is -0.653. The van der Waals surface area contributed by atoms with Gasteiger partial charge in [-0.1, -0.05) is 12.1 Å². The Labute approximate surface area is 134 Å². The van der Waals surface area contributed by atoms with Crippen molar-refractivity contribution < 1.29 is 9.50 Å². The third kappa shape index (κ3) is 3.21. The fourth-order valence-electron chi connectivity index (χ4n) is 3.06. The molecule has 0 radical (unpaired) electrons. The van der Waals surface area contributed by atoms with Crippen LogP contribution in [0.5, 0.6) is 0 Å². The Bertz CT molecular complexity index is 641. The number of aryl methyl sites for hydroxylation is 2. The molecule has 1 aliphatic carbocycles. The van der Waals surface area contributed by atoms with Crippen molar-refractivity contribution in [1.82, 2.24) is 10.3 Å². The van der Waals surface area contributed by atoms with Gasteiger partial charge in [-0.25, -0.2) is 9.37 Å². The monoisotopic (exact) mass is 320 g/mol. The van der Waals surface area contributed by atoms with E-state index in [-0.39, 0.29) is 17.9 Å². The van der Waals surface area contributed by atoms with Crippen LogP contribution in [0.3, 0.4) is 0 Å². The first kappa shape index (κ1) is 15.6. The van der Waals surface area contributed by atoms with Crippen LogP contribution in [0.2, 0.25) is 0 Å². The molecule has 5 heteroatoms. The average molecular weight is 320 g/mol. The summed E-state index contributed by atoms with van der Waals surface area (Å²) < 4.78 is 13.0. The smallest absolute Gasteiger partial charge is 0.123 e. The van der Waals surface area contributed by atoms with Gasteiger partial charge in [0.25, 0.3) is 0 Å². The van der Waals surface area contributed by atoms with E-state index in [4.69, 9.17) is 0 Å². The lowest BCUT2D eigenvalue weighted by Gasteiger charge is -2.29. The number of nitrogens with one attached hydrogen (secondary N) is 1. The molecule has 0 aliphatic heterocycles. The van der Waals surface area contributed by atoms with Gasteiger partial charge in [0.1, 0.15) is 5.82 Å². The van der Waals surface area contributed by atoms with Crippen LogP contribution < -0.4 is 5.32 Å². The molecule has 0 fully saturated rings. The normalized spacial score (nSPS) is 20.5. The van der Waals surface area contributed by atoms with Gasteiger partial charge in [0, 0.05) is 17.0 Å². The van der Waals surface area contributed by atoms with Crippen molar-refractivity contribution in [1.29, 1.82) is 0 Å². The van der Waals surface area contributed by atoms with E-state index in [1.165, 1.54) is 22.7 Å². The average Bonchev–Trinajstić information content (AvgIpc) is 2.88. The zero-order chi connectivity index (χ0) is 15.7. The van der Waals surface area contributed by atoms with Crippen molar-refractivity contribution in [3.8, 4) is 0 Å². The predicted octanol–water partition coefficient (Wildman–Crippen LogP) is 3.68. The first-order valence-electron chi connectivity index (χ1n) is 7.70. The minimum absolute atomic E-state index is 0.108. The molecule has 0 saturated carbocycles. The minimum Gasteiger partial charge on any atom is -0.387 e. The third-order valence-electron chi connectivity index (χ3n) is 4.21. The molecule has 2 N–H and O–H groups in total. The number of nitrogens with zero attached hydrogens (tertiary/aromatic N) is 1. The van der Waals surface area contributed by atoms with E-state index in [9.17, 15) is 9.50 Å². The summed E-state index contributed by atoms with van der Waals surface area (Å²) >= 11 is 1.74. The Balaban J connectivity index is 1.71. The fraction of sp³-hybridized carbons (Fsp3) is 0.471. The van der Waals surface area contributed by atoms with E-state index < -0.39 is 6.10 Å². The zero-order valence-electron chi connectivity index (χ0n) is 12.8. The maximum absolute atomic E-state index is 13.0. The van der Waals surface area contributed by atoms with Crippen LogP contribution >= 0.6 is 11.3 Å². The molecule has 3 rings (SSSR count). The Kier molecular flexibility index (Phi) is 4.57. The van der Waals surface area contributed by atoms with Crippen LogP contribution in [0, 0.1) is 12.7 Å². The standard InChI is InChI=1S/C17H21FN2OS/c1-10(16(21)12-6-8-13(18)9-7-12)19-14-4-3-5-15-17(14)22-11(2)20-15/h6-10,14,16,19,21H,3-5H2,1-2H3. The molecule has 0 spiro atoms. The van der Waals surface area contributed by atoms with Gasteiger partial charge in [0.15, 0.2) is 0 Å². The number of benzene rings is 1. The SMILES string of the molecule is Cc1nc2c(s1)C(NC(C)C(O)c1ccc(F)cc1)CCC2. The summed E-state index contributed by atoms with van der Waals surface area (Å²) in [6, 6.07) is 6.19. The van der Waals surface area contributed by atoms with Crippen molar-refractivity contribution in [2.75, 3.05) is 0 Å². The highest BCUT2D eigenvalue weighted by atomic mass is 32.1. The molecule has 0 bridgehead atoms. The first-order chi connectivity index (χ1) is 10.5. The third-order valence-corrected chi connectivity index (χ3v) is 5.33. The quantitative estimate of drug-likeness (QED) is 0.903. The van der Waals surface area contributed by atoms with Gasteiger partial charge < -0.3 is 10.4 Å². The second kappa shape index (κ2) is 6.44. The lowest BCUT2D eigenvalue weighted by molar-refractivity contribution is 0.127. The second-order valence-electron chi connectivity index (χ2n) is 5.94. The van der Waals surface area contributed by atoms with Gasteiger partial charge in [0.2, 0.25) is 0 Å². The maximum atomic E-state index is 13.0. The lowest BCUT2D eigenvalue weighted by atomic mass is 9.96. The Morgan fingerprint density at radius 1 is 1.36 bits per heavy atom. The van der Waals surface area contributed by atoms with Gasteiger partial charge in [-0.3, -0.25) is 0 Å². The van der Waals surface area contributed by atoms with Gasteiger partial charge in [0.05, 0.1) is 16.8 Å². The fourth-order valence-corrected chi connectivity index (χ4v) is 4.13. The summed E-state index contributed by atoms with van der Waals surface area (Å²) in [4.78, 5) is 5.90. The molecule has 1 aromatic heterocycles. The van der Waals surface area contributed by atoms with Crippen LogP contribution in [-0.2, 0) is 6.42 Å². The molecule has 1 heterocycles. The van der Waals surface area contributed by atoms with Crippen molar-refractivity contribution in [2.45, 2.75) is 51.3 Å². The Hall–Kier alpha value is -1.30. The predicted molar refractivity (Wildman–Crippen MR) is 86.5 cm³/mol. The summed E-state index contributed by atoms with van der Waals surface area (Å²) in [5.41, 5.74) is 1.94. The van der Waals surface area contributed by atoms with Gasteiger partial charge >= 0.3 is 0 Å². The van der Waals surface area contributed by atoms with Gasteiger partial charge in [-0.15, -0.1) is 11.3 Å². The molecule has 0 saturated heterocycles. The maximum Gasteiger partial charge on any atom is 0.123 e. The topological polar surface area (TPSA) is 45.2 Å². The molecule has 1 aliphatic rings. The summed E-state index contributed by atoms with van der Waals surface area (Å²) in [7, 11) is 0. The number of hydrogen-bond donors (Lipinski definition) is 2. The van der Waals surface area contributed by atoms with E-state index in [0.29, 0.717) is 0 Å². The Morgan fingerprint density at radius 3 is 2.82 bits per heavy atom. The Morgan fingerprint density at radius 2 is 2.09 bits per heavy atom. The van der Waals surface area contributed by atoms with Crippen LogP contribution in [0.25, 0.3) is 0 Å². The molecule has 3 atom stereocenters. The number of aliphatic hydroxyl groups is 1. The van der Waals surface area contributed by atoms with Crippen LogP contribution in [-0.4, -0.2) is 16.1 Å². The summed E-state index contributed by atoms with van der Waals surface area (Å²) in [5, 5.41) is 15.1. The molecule has 118 valence electrons. The van der Waals surface area contributed by atoms with Gasteiger partial charge in [-0.2, -0.15) is 0 Å². The van der Waals surface area contributed by atoms with Crippen LogP contribution in [0.15, 0.2) is 24.3 Å². The number of rotatable bonds is 4. The van der Waals surface area contributed by atoms with E-state index in [1.807, 2.05) is 13.8 Å².